The van der Waals surface area contributed by atoms with Gasteiger partial charge in [-0.1, -0.05) is 18.2 Å². The molecule has 1 aliphatic heterocycles. The number of hydrogen-bond donors (Lipinski definition) is 2. The number of fused-ring (bicyclic) bond motifs is 1. The van der Waals surface area contributed by atoms with E-state index in [2.05, 4.69) is 42.7 Å². The predicted octanol–water partition coefficient (Wildman–Crippen LogP) is 3.15. The van der Waals surface area contributed by atoms with Crippen LogP contribution in [0.15, 0.2) is 67.1 Å². The zero-order chi connectivity index (χ0) is 22.6. The zero-order valence-corrected chi connectivity index (χ0v) is 18.3. The van der Waals surface area contributed by atoms with Gasteiger partial charge in [0.1, 0.15) is 5.82 Å². The number of anilines is 2. The number of aryl methyl sites for hydroxylation is 1. The summed E-state index contributed by atoms with van der Waals surface area (Å²) < 4.78 is 7.63. The highest BCUT2D eigenvalue weighted by Gasteiger charge is 2.21. The third-order valence-electron chi connectivity index (χ3n) is 5.57. The van der Waals surface area contributed by atoms with Crippen LogP contribution < -0.4 is 15.5 Å². The first-order chi connectivity index (χ1) is 16.2. The molecule has 1 aromatic carbocycles. The fourth-order valence-corrected chi connectivity index (χ4v) is 3.95. The molecule has 1 saturated heterocycles. The summed E-state index contributed by atoms with van der Waals surface area (Å²) in [5.41, 5.74) is 3.83. The van der Waals surface area contributed by atoms with Crippen LogP contribution in [0.1, 0.15) is 5.69 Å². The quantitative estimate of drug-likeness (QED) is 0.492. The summed E-state index contributed by atoms with van der Waals surface area (Å²) in [7, 11) is 0. The van der Waals surface area contributed by atoms with E-state index in [1.807, 2.05) is 37.3 Å². The highest BCUT2D eigenvalue weighted by atomic mass is 16.5. The van der Waals surface area contributed by atoms with Crippen LogP contribution in [-0.4, -0.2) is 58.1 Å². The van der Waals surface area contributed by atoms with Crippen LogP contribution in [-0.2, 0) is 4.74 Å². The number of urea groups is 1. The van der Waals surface area contributed by atoms with Crippen molar-refractivity contribution in [1.82, 2.24) is 25.1 Å². The summed E-state index contributed by atoms with van der Waals surface area (Å²) in [6.45, 7) is 4.54. The van der Waals surface area contributed by atoms with Crippen LogP contribution in [0.5, 0.6) is 0 Å². The van der Waals surface area contributed by atoms with Gasteiger partial charge >= 0.3 is 6.03 Å². The number of carbonyl (C=O) groups is 1. The number of pyridine rings is 2. The lowest BCUT2D eigenvalue weighted by atomic mass is 10.2. The molecule has 0 radical (unpaired) electrons. The molecule has 4 aromatic rings. The molecule has 33 heavy (non-hydrogen) atoms. The first-order valence-corrected chi connectivity index (χ1v) is 10.9. The number of para-hydroxylation sites is 1. The average Bonchev–Trinajstić information content (AvgIpc) is 3.27. The number of morpholine rings is 1. The Hall–Kier alpha value is -3.98. The number of nitrogens with one attached hydrogen (secondary N) is 2. The highest BCUT2D eigenvalue weighted by Crippen LogP contribution is 2.20. The molecule has 0 aliphatic carbocycles. The normalized spacial score (nSPS) is 16.0. The van der Waals surface area contributed by atoms with Gasteiger partial charge in [0.15, 0.2) is 0 Å². The van der Waals surface area contributed by atoms with E-state index in [1.54, 1.807) is 29.3 Å². The summed E-state index contributed by atoms with van der Waals surface area (Å²) in [5, 5.41) is 11.0. The van der Waals surface area contributed by atoms with Crippen molar-refractivity contribution in [2.24, 2.45) is 0 Å². The van der Waals surface area contributed by atoms with Crippen molar-refractivity contribution in [3.8, 4) is 5.69 Å². The molecule has 0 spiro atoms. The van der Waals surface area contributed by atoms with E-state index >= 15 is 0 Å². The van der Waals surface area contributed by atoms with E-state index in [1.165, 1.54) is 0 Å². The Bertz CT molecular complexity index is 1260. The Kier molecular flexibility index (Phi) is 5.86. The van der Waals surface area contributed by atoms with Crippen molar-refractivity contribution in [2.75, 3.05) is 36.5 Å². The van der Waals surface area contributed by atoms with E-state index in [0.29, 0.717) is 19.0 Å². The molecule has 2 amide bonds. The lowest BCUT2D eigenvalue weighted by Gasteiger charge is -2.34. The van der Waals surface area contributed by atoms with Gasteiger partial charge in [0.2, 0.25) is 0 Å². The maximum atomic E-state index is 12.4. The van der Waals surface area contributed by atoms with Crippen LogP contribution in [0, 0.1) is 6.92 Å². The third kappa shape index (κ3) is 4.78. The second-order valence-electron chi connectivity index (χ2n) is 7.95. The highest BCUT2D eigenvalue weighted by molar-refractivity contribution is 5.91. The molecule has 9 nitrogen and oxygen atoms in total. The Morgan fingerprint density at radius 2 is 2.00 bits per heavy atom. The summed E-state index contributed by atoms with van der Waals surface area (Å²) >= 11 is 0. The number of hydrogen-bond acceptors (Lipinski definition) is 6. The van der Waals surface area contributed by atoms with Crippen molar-refractivity contribution in [3.05, 3.63) is 72.8 Å². The van der Waals surface area contributed by atoms with Crippen molar-refractivity contribution in [3.63, 3.8) is 0 Å². The van der Waals surface area contributed by atoms with E-state index in [0.717, 1.165) is 41.1 Å². The fourth-order valence-electron chi connectivity index (χ4n) is 3.95. The molecule has 1 fully saturated rings. The molecule has 1 unspecified atom stereocenters. The Balaban J connectivity index is 1.19. The number of benzene rings is 1. The first kappa shape index (κ1) is 20.9. The van der Waals surface area contributed by atoms with Gasteiger partial charge in [0, 0.05) is 42.6 Å². The van der Waals surface area contributed by atoms with E-state index in [-0.39, 0.29) is 12.1 Å². The predicted molar refractivity (Wildman–Crippen MR) is 127 cm³/mol. The van der Waals surface area contributed by atoms with Crippen molar-refractivity contribution < 1.29 is 9.53 Å². The number of carbonyl (C=O) groups excluding carboxylic acids is 1. The second-order valence-corrected chi connectivity index (χ2v) is 7.95. The van der Waals surface area contributed by atoms with Crippen LogP contribution >= 0.6 is 0 Å². The molecule has 168 valence electrons. The summed E-state index contributed by atoms with van der Waals surface area (Å²) in [6, 6.07) is 15.6. The number of ether oxygens (including phenoxy) is 1. The van der Waals surface area contributed by atoms with Crippen molar-refractivity contribution in [1.29, 1.82) is 0 Å². The van der Waals surface area contributed by atoms with Gasteiger partial charge in [-0.15, -0.1) is 0 Å². The Labute approximate surface area is 191 Å². The molecule has 9 heteroatoms. The minimum absolute atomic E-state index is 0.0813. The fraction of sp³-hybridized carbons (Fsp3) is 0.250. The molecular weight excluding hydrogens is 418 g/mol. The minimum Gasteiger partial charge on any atom is -0.373 e. The van der Waals surface area contributed by atoms with Crippen LogP contribution in [0.4, 0.5) is 16.3 Å². The van der Waals surface area contributed by atoms with E-state index in [4.69, 9.17) is 4.74 Å². The lowest BCUT2D eigenvalue weighted by Crippen LogP contribution is -2.48. The van der Waals surface area contributed by atoms with Gasteiger partial charge in [0.25, 0.3) is 0 Å². The van der Waals surface area contributed by atoms with E-state index in [9.17, 15) is 4.79 Å². The number of aromatic nitrogens is 4. The Morgan fingerprint density at radius 3 is 2.85 bits per heavy atom. The monoisotopic (exact) mass is 443 g/mol. The standard InChI is InChI=1S/C24H25N7O2/c1-17-11-20(7-8-25-17)31-22-15-26-23(12-18(22)13-28-31)29-24(32)27-14-21-16-30(9-10-33-21)19-5-3-2-4-6-19/h2-8,11-13,15,21H,9-10,14,16H2,1H3,(H2,26,27,29,32). The van der Waals surface area contributed by atoms with Crippen molar-refractivity contribution >= 4 is 28.4 Å². The summed E-state index contributed by atoms with van der Waals surface area (Å²) in [5.74, 6) is 0.459. The van der Waals surface area contributed by atoms with Gasteiger partial charge in [-0.2, -0.15) is 5.10 Å². The summed E-state index contributed by atoms with van der Waals surface area (Å²) in [4.78, 5) is 23.3. The molecule has 3 aromatic heterocycles. The smallest absolute Gasteiger partial charge is 0.320 e. The van der Waals surface area contributed by atoms with Crippen molar-refractivity contribution in [2.45, 2.75) is 13.0 Å². The van der Waals surface area contributed by atoms with Gasteiger partial charge in [-0.3, -0.25) is 10.3 Å². The van der Waals surface area contributed by atoms with Crippen LogP contribution in [0.2, 0.25) is 0 Å². The molecular formula is C24H25N7O2. The maximum Gasteiger partial charge on any atom is 0.320 e. The molecule has 0 bridgehead atoms. The molecule has 5 rings (SSSR count). The molecule has 0 saturated carbocycles. The number of rotatable bonds is 5. The third-order valence-corrected chi connectivity index (χ3v) is 5.57. The Morgan fingerprint density at radius 1 is 1.12 bits per heavy atom. The van der Waals surface area contributed by atoms with Gasteiger partial charge in [-0.05, 0) is 37.3 Å². The summed E-state index contributed by atoms with van der Waals surface area (Å²) in [6.07, 6.45) is 5.13. The SMILES string of the molecule is Cc1cc(-n2ncc3cc(NC(=O)NCC4CN(c5ccccc5)CCO4)ncc32)ccn1. The number of amides is 2. The largest absolute Gasteiger partial charge is 0.373 e. The lowest BCUT2D eigenvalue weighted by molar-refractivity contribution is 0.0427. The first-order valence-electron chi connectivity index (χ1n) is 10.9. The molecule has 1 aliphatic rings. The zero-order valence-electron chi connectivity index (χ0n) is 18.3. The topological polar surface area (TPSA) is 97.2 Å². The van der Waals surface area contributed by atoms with Crippen LogP contribution in [0.25, 0.3) is 16.6 Å². The van der Waals surface area contributed by atoms with Gasteiger partial charge in [-0.25, -0.2) is 14.5 Å². The van der Waals surface area contributed by atoms with Gasteiger partial charge in [0.05, 0.1) is 36.3 Å². The van der Waals surface area contributed by atoms with E-state index < -0.39 is 0 Å². The van der Waals surface area contributed by atoms with Crippen LogP contribution in [0.3, 0.4) is 0 Å². The second kappa shape index (κ2) is 9.25. The average molecular weight is 444 g/mol. The number of nitrogens with zero attached hydrogens (tertiary/aromatic N) is 5. The van der Waals surface area contributed by atoms with Gasteiger partial charge < -0.3 is 15.0 Å². The minimum atomic E-state index is -0.320. The molecule has 2 N–H and O–H groups in total. The molecule has 1 atom stereocenters. The molecule has 4 heterocycles. The maximum absolute atomic E-state index is 12.4.